The van der Waals surface area contributed by atoms with Gasteiger partial charge in [-0.05, 0) is 13.0 Å². The SMILES string of the molecule is C#CCC(C)NCc1cc(C(N)=O)cs1. The van der Waals surface area contributed by atoms with Gasteiger partial charge in [0.1, 0.15) is 0 Å². The first-order chi connectivity index (χ1) is 7.13. The fourth-order valence-corrected chi connectivity index (χ4v) is 1.95. The molecule has 1 aromatic heterocycles. The number of thiophene rings is 1. The van der Waals surface area contributed by atoms with Gasteiger partial charge in [0.15, 0.2) is 0 Å². The summed E-state index contributed by atoms with van der Waals surface area (Å²) in [6, 6.07) is 2.09. The lowest BCUT2D eigenvalue weighted by molar-refractivity contribution is 0.100. The van der Waals surface area contributed by atoms with Crippen LogP contribution < -0.4 is 11.1 Å². The van der Waals surface area contributed by atoms with Gasteiger partial charge in [0.25, 0.3) is 0 Å². The van der Waals surface area contributed by atoms with Crippen molar-refractivity contribution in [2.75, 3.05) is 0 Å². The highest BCUT2D eigenvalue weighted by Gasteiger charge is 2.05. The van der Waals surface area contributed by atoms with E-state index >= 15 is 0 Å². The van der Waals surface area contributed by atoms with Crippen LogP contribution in [0.25, 0.3) is 0 Å². The summed E-state index contributed by atoms with van der Waals surface area (Å²) in [6.07, 6.45) is 5.90. The number of carbonyl (C=O) groups is 1. The molecule has 15 heavy (non-hydrogen) atoms. The summed E-state index contributed by atoms with van der Waals surface area (Å²) in [5, 5.41) is 5.04. The highest BCUT2D eigenvalue weighted by molar-refractivity contribution is 7.10. The second kappa shape index (κ2) is 5.54. The molecule has 1 atom stereocenters. The molecule has 0 spiro atoms. The van der Waals surface area contributed by atoms with Crippen LogP contribution in [0.5, 0.6) is 0 Å². The Hall–Kier alpha value is -1.31. The quantitative estimate of drug-likeness (QED) is 0.739. The zero-order valence-corrected chi connectivity index (χ0v) is 9.43. The second-order valence-corrected chi connectivity index (χ2v) is 4.35. The number of rotatable bonds is 5. The van der Waals surface area contributed by atoms with Crippen LogP contribution in [-0.2, 0) is 6.54 Å². The van der Waals surface area contributed by atoms with Gasteiger partial charge in [0.05, 0.1) is 5.56 Å². The Balaban J connectivity index is 2.45. The van der Waals surface area contributed by atoms with Gasteiger partial charge in [-0.25, -0.2) is 0 Å². The van der Waals surface area contributed by atoms with Crippen molar-refractivity contribution < 1.29 is 4.79 Å². The van der Waals surface area contributed by atoms with E-state index in [1.165, 1.54) is 11.3 Å². The molecule has 80 valence electrons. The van der Waals surface area contributed by atoms with Crippen molar-refractivity contribution >= 4 is 17.2 Å². The lowest BCUT2D eigenvalue weighted by atomic mass is 10.2. The summed E-state index contributed by atoms with van der Waals surface area (Å²) < 4.78 is 0. The molecular formula is C11H14N2OS. The first-order valence-electron chi connectivity index (χ1n) is 4.67. The van der Waals surface area contributed by atoms with Crippen LogP contribution in [0.2, 0.25) is 0 Å². The van der Waals surface area contributed by atoms with E-state index in [4.69, 9.17) is 12.2 Å². The van der Waals surface area contributed by atoms with Crippen LogP contribution in [0, 0.1) is 12.3 Å². The molecule has 3 nitrogen and oxygen atoms in total. The summed E-state index contributed by atoms with van der Waals surface area (Å²) in [5.74, 6) is 2.21. The van der Waals surface area contributed by atoms with E-state index in [0.717, 1.165) is 11.4 Å². The zero-order chi connectivity index (χ0) is 11.3. The number of carbonyl (C=O) groups excluding carboxylic acids is 1. The molecule has 4 heteroatoms. The molecular weight excluding hydrogens is 208 g/mol. The van der Waals surface area contributed by atoms with E-state index < -0.39 is 0 Å². The molecule has 1 rings (SSSR count). The molecule has 3 N–H and O–H groups in total. The third-order valence-corrected chi connectivity index (χ3v) is 2.92. The van der Waals surface area contributed by atoms with Crippen molar-refractivity contribution in [3.05, 3.63) is 21.9 Å². The maximum Gasteiger partial charge on any atom is 0.249 e. The Bertz CT molecular complexity index is 378. The molecule has 0 fully saturated rings. The highest BCUT2D eigenvalue weighted by Crippen LogP contribution is 2.14. The van der Waals surface area contributed by atoms with E-state index in [-0.39, 0.29) is 11.9 Å². The molecule has 0 aliphatic heterocycles. The van der Waals surface area contributed by atoms with Crippen molar-refractivity contribution in [1.29, 1.82) is 0 Å². The molecule has 1 aromatic rings. The monoisotopic (exact) mass is 222 g/mol. The summed E-state index contributed by atoms with van der Waals surface area (Å²) in [6.45, 7) is 2.75. The van der Waals surface area contributed by atoms with Crippen molar-refractivity contribution in [3.63, 3.8) is 0 Å². The number of primary amides is 1. The Labute approximate surface area is 93.7 Å². The standard InChI is InChI=1S/C11H14N2OS/c1-3-4-8(2)13-6-10-5-9(7-15-10)11(12)14/h1,5,7-8,13H,4,6H2,2H3,(H2,12,14). The molecule has 1 heterocycles. The third kappa shape index (κ3) is 3.74. The van der Waals surface area contributed by atoms with Crippen LogP contribution in [0.3, 0.4) is 0 Å². The number of hydrogen-bond donors (Lipinski definition) is 2. The average molecular weight is 222 g/mol. The summed E-state index contributed by atoms with van der Waals surface area (Å²) in [4.78, 5) is 11.9. The molecule has 0 saturated heterocycles. The van der Waals surface area contributed by atoms with Crippen molar-refractivity contribution in [2.45, 2.75) is 25.9 Å². The van der Waals surface area contributed by atoms with Crippen molar-refractivity contribution in [2.24, 2.45) is 5.73 Å². The molecule has 0 bridgehead atoms. The minimum Gasteiger partial charge on any atom is -0.366 e. The largest absolute Gasteiger partial charge is 0.366 e. The van der Waals surface area contributed by atoms with E-state index in [2.05, 4.69) is 11.2 Å². The Morgan fingerprint density at radius 2 is 2.53 bits per heavy atom. The van der Waals surface area contributed by atoms with Gasteiger partial charge in [-0.2, -0.15) is 0 Å². The van der Waals surface area contributed by atoms with Gasteiger partial charge in [0, 0.05) is 29.3 Å². The zero-order valence-electron chi connectivity index (χ0n) is 8.62. The molecule has 0 radical (unpaired) electrons. The minimum atomic E-state index is -0.380. The van der Waals surface area contributed by atoms with Gasteiger partial charge in [-0.15, -0.1) is 23.7 Å². The Morgan fingerprint density at radius 1 is 1.80 bits per heavy atom. The van der Waals surface area contributed by atoms with Crippen LogP contribution in [0.4, 0.5) is 0 Å². The maximum absolute atomic E-state index is 10.8. The van der Waals surface area contributed by atoms with Crippen molar-refractivity contribution in [3.8, 4) is 12.3 Å². The fourth-order valence-electron chi connectivity index (χ4n) is 1.13. The number of hydrogen-bond acceptors (Lipinski definition) is 3. The van der Waals surface area contributed by atoms with Crippen LogP contribution in [0.15, 0.2) is 11.4 Å². The van der Waals surface area contributed by atoms with Crippen LogP contribution in [-0.4, -0.2) is 11.9 Å². The van der Waals surface area contributed by atoms with E-state index in [1.807, 2.05) is 13.0 Å². The molecule has 1 unspecified atom stereocenters. The Morgan fingerprint density at radius 3 is 3.07 bits per heavy atom. The number of amides is 1. The summed E-state index contributed by atoms with van der Waals surface area (Å²) >= 11 is 1.52. The summed E-state index contributed by atoms with van der Waals surface area (Å²) in [7, 11) is 0. The van der Waals surface area contributed by atoms with Gasteiger partial charge >= 0.3 is 0 Å². The molecule has 1 amide bonds. The number of nitrogens with one attached hydrogen (secondary N) is 1. The second-order valence-electron chi connectivity index (χ2n) is 3.36. The third-order valence-electron chi connectivity index (χ3n) is 1.99. The van der Waals surface area contributed by atoms with Gasteiger partial charge < -0.3 is 11.1 Å². The lowest BCUT2D eigenvalue weighted by Gasteiger charge is -2.08. The normalized spacial score (nSPS) is 12.0. The van der Waals surface area contributed by atoms with Gasteiger partial charge in [-0.3, -0.25) is 4.79 Å². The minimum absolute atomic E-state index is 0.286. The van der Waals surface area contributed by atoms with Gasteiger partial charge in [-0.1, -0.05) is 0 Å². The van der Waals surface area contributed by atoms with Crippen LogP contribution in [0.1, 0.15) is 28.6 Å². The topological polar surface area (TPSA) is 55.1 Å². The van der Waals surface area contributed by atoms with E-state index in [1.54, 1.807) is 5.38 Å². The first-order valence-corrected chi connectivity index (χ1v) is 5.55. The molecule has 0 saturated carbocycles. The van der Waals surface area contributed by atoms with Crippen LogP contribution >= 0.6 is 11.3 Å². The molecule has 0 aliphatic rings. The fraction of sp³-hybridized carbons (Fsp3) is 0.364. The van der Waals surface area contributed by atoms with Gasteiger partial charge in [0.2, 0.25) is 5.91 Å². The summed E-state index contributed by atoms with van der Waals surface area (Å²) in [5.41, 5.74) is 5.72. The van der Waals surface area contributed by atoms with E-state index in [9.17, 15) is 4.79 Å². The predicted molar refractivity (Wildman–Crippen MR) is 62.6 cm³/mol. The maximum atomic E-state index is 10.8. The average Bonchev–Trinajstić information content (AvgIpc) is 2.63. The molecule has 0 aromatic carbocycles. The number of terminal acetylenes is 1. The Kier molecular flexibility index (Phi) is 4.35. The lowest BCUT2D eigenvalue weighted by Crippen LogP contribution is -2.24. The highest BCUT2D eigenvalue weighted by atomic mass is 32.1. The molecule has 0 aliphatic carbocycles. The smallest absolute Gasteiger partial charge is 0.249 e. The van der Waals surface area contributed by atoms with Crippen molar-refractivity contribution in [1.82, 2.24) is 5.32 Å². The predicted octanol–water partition coefficient (Wildman–Crippen LogP) is 1.35. The van der Waals surface area contributed by atoms with E-state index in [0.29, 0.717) is 12.0 Å². The number of nitrogens with two attached hydrogens (primary N) is 1. The first kappa shape index (κ1) is 11.8.